The Bertz CT molecular complexity index is 391. The largest absolute Gasteiger partial charge is 0.495 e. The molecule has 1 unspecified atom stereocenters. The van der Waals surface area contributed by atoms with Gasteiger partial charge in [0.25, 0.3) is 0 Å². The number of ether oxygens (including phenoxy) is 1. The molecule has 1 aromatic carbocycles. The second-order valence-electron chi connectivity index (χ2n) is 4.15. The van der Waals surface area contributed by atoms with E-state index >= 15 is 0 Å². The SMILES string of the molecule is Cc1cccc(C(C)(O)C2=CCCO2)c1. The highest BCUT2D eigenvalue weighted by molar-refractivity contribution is 5.33. The van der Waals surface area contributed by atoms with Crippen LogP contribution in [0.3, 0.4) is 0 Å². The molecule has 15 heavy (non-hydrogen) atoms. The van der Waals surface area contributed by atoms with Crippen LogP contribution in [0, 0.1) is 6.92 Å². The number of aliphatic hydroxyl groups is 1. The Kier molecular flexibility index (Phi) is 2.53. The molecule has 0 amide bonds. The van der Waals surface area contributed by atoms with Crippen molar-refractivity contribution in [1.29, 1.82) is 0 Å². The van der Waals surface area contributed by atoms with Crippen molar-refractivity contribution in [3.63, 3.8) is 0 Å². The molecule has 0 saturated carbocycles. The summed E-state index contributed by atoms with van der Waals surface area (Å²) in [5, 5.41) is 10.4. The third-order valence-electron chi connectivity index (χ3n) is 2.77. The second kappa shape index (κ2) is 3.70. The fraction of sp³-hybridized carbons (Fsp3) is 0.385. The van der Waals surface area contributed by atoms with Crippen LogP contribution in [0.15, 0.2) is 36.1 Å². The molecular weight excluding hydrogens is 188 g/mol. The minimum Gasteiger partial charge on any atom is -0.495 e. The Morgan fingerprint density at radius 1 is 1.40 bits per heavy atom. The zero-order chi connectivity index (χ0) is 10.9. The molecule has 2 nitrogen and oxygen atoms in total. The Balaban J connectivity index is 2.36. The van der Waals surface area contributed by atoms with Crippen molar-refractivity contribution in [3.8, 4) is 0 Å². The lowest BCUT2D eigenvalue weighted by Gasteiger charge is -2.25. The van der Waals surface area contributed by atoms with E-state index in [-0.39, 0.29) is 0 Å². The van der Waals surface area contributed by atoms with Gasteiger partial charge >= 0.3 is 0 Å². The highest BCUT2D eigenvalue weighted by Gasteiger charge is 2.31. The van der Waals surface area contributed by atoms with Gasteiger partial charge in [-0.05, 0) is 25.5 Å². The number of hydrogen-bond acceptors (Lipinski definition) is 2. The van der Waals surface area contributed by atoms with Gasteiger partial charge in [-0.1, -0.05) is 29.8 Å². The van der Waals surface area contributed by atoms with Gasteiger partial charge in [-0.2, -0.15) is 0 Å². The van der Waals surface area contributed by atoms with Crippen LogP contribution >= 0.6 is 0 Å². The van der Waals surface area contributed by atoms with E-state index in [4.69, 9.17) is 4.74 Å². The number of benzene rings is 1. The Labute approximate surface area is 90.2 Å². The first kappa shape index (κ1) is 10.2. The quantitative estimate of drug-likeness (QED) is 0.802. The van der Waals surface area contributed by atoms with Crippen molar-refractivity contribution in [2.45, 2.75) is 25.9 Å². The molecule has 0 saturated heterocycles. The van der Waals surface area contributed by atoms with Gasteiger partial charge in [0.1, 0.15) is 11.4 Å². The topological polar surface area (TPSA) is 29.5 Å². The molecule has 2 rings (SSSR count). The highest BCUT2D eigenvalue weighted by Crippen LogP contribution is 2.32. The van der Waals surface area contributed by atoms with Crippen molar-refractivity contribution in [2.75, 3.05) is 6.61 Å². The molecule has 1 heterocycles. The first-order chi connectivity index (χ1) is 7.10. The molecule has 0 spiro atoms. The monoisotopic (exact) mass is 204 g/mol. The third-order valence-corrected chi connectivity index (χ3v) is 2.77. The first-order valence-electron chi connectivity index (χ1n) is 5.23. The van der Waals surface area contributed by atoms with Gasteiger partial charge in [0, 0.05) is 6.42 Å². The van der Waals surface area contributed by atoms with Crippen LogP contribution < -0.4 is 0 Å². The molecule has 1 N–H and O–H groups in total. The summed E-state index contributed by atoms with van der Waals surface area (Å²) in [5.74, 6) is 0.674. The van der Waals surface area contributed by atoms with Gasteiger partial charge in [0.05, 0.1) is 6.61 Å². The molecular formula is C13H16O2. The predicted molar refractivity (Wildman–Crippen MR) is 59.4 cm³/mol. The van der Waals surface area contributed by atoms with Gasteiger partial charge in [-0.3, -0.25) is 0 Å². The van der Waals surface area contributed by atoms with Crippen molar-refractivity contribution >= 4 is 0 Å². The molecule has 0 aromatic heterocycles. The predicted octanol–water partition coefficient (Wildman–Crippen LogP) is 2.51. The Morgan fingerprint density at radius 3 is 2.80 bits per heavy atom. The van der Waals surface area contributed by atoms with Crippen LogP contribution in [0.25, 0.3) is 0 Å². The molecule has 1 atom stereocenters. The van der Waals surface area contributed by atoms with Gasteiger partial charge in [0.2, 0.25) is 0 Å². The fourth-order valence-corrected chi connectivity index (χ4v) is 1.85. The third kappa shape index (κ3) is 1.90. The average molecular weight is 204 g/mol. The van der Waals surface area contributed by atoms with Crippen LogP contribution in [0.2, 0.25) is 0 Å². The van der Waals surface area contributed by atoms with Crippen molar-refractivity contribution in [1.82, 2.24) is 0 Å². The van der Waals surface area contributed by atoms with E-state index in [1.165, 1.54) is 0 Å². The summed E-state index contributed by atoms with van der Waals surface area (Å²) < 4.78 is 5.42. The van der Waals surface area contributed by atoms with E-state index in [0.717, 1.165) is 17.5 Å². The summed E-state index contributed by atoms with van der Waals surface area (Å²) >= 11 is 0. The van der Waals surface area contributed by atoms with E-state index in [9.17, 15) is 5.11 Å². The summed E-state index contributed by atoms with van der Waals surface area (Å²) in [6, 6.07) is 7.89. The van der Waals surface area contributed by atoms with Crippen molar-refractivity contribution in [2.24, 2.45) is 0 Å². The zero-order valence-electron chi connectivity index (χ0n) is 9.16. The standard InChI is InChI=1S/C13H16O2/c1-10-5-3-6-11(9-10)13(2,14)12-7-4-8-15-12/h3,5-7,9,14H,4,8H2,1-2H3. The summed E-state index contributed by atoms with van der Waals surface area (Å²) in [4.78, 5) is 0. The lowest BCUT2D eigenvalue weighted by atomic mass is 9.92. The lowest BCUT2D eigenvalue weighted by Crippen LogP contribution is -2.24. The minimum atomic E-state index is -0.998. The van der Waals surface area contributed by atoms with Gasteiger partial charge in [0.15, 0.2) is 0 Å². The molecule has 0 radical (unpaired) electrons. The van der Waals surface area contributed by atoms with Gasteiger partial charge in [-0.15, -0.1) is 0 Å². The van der Waals surface area contributed by atoms with E-state index in [0.29, 0.717) is 12.4 Å². The summed E-state index contributed by atoms with van der Waals surface area (Å²) in [6.45, 7) is 4.47. The number of rotatable bonds is 2. The second-order valence-corrected chi connectivity index (χ2v) is 4.15. The van der Waals surface area contributed by atoms with Crippen LogP contribution in [0.1, 0.15) is 24.5 Å². The Morgan fingerprint density at radius 2 is 2.20 bits per heavy atom. The average Bonchev–Trinajstić information content (AvgIpc) is 2.71. The van der Waals surface area contributed by atoms with Crippen molar-refractivity contribution < 1.29 is 9.84 Å². The maximum absolute atomic E-state index is 10.4. The molecule has 80 valence electrons. The van der Waals surface area contributed by atoms with Crippen LogP contribution in [0.5, 0.6) is 0 Å². The maximum Gasteiger partial charge on any atom is 0.143 e. The number of hydrogen-bond donors (Lipinski definition) is 1. The van der Waals surface area contributed by atoms with E-state index in [1.807, 2.05) is 37.3 Å². The van der Waals surface area contributed by atoms with Gasteiger partial charge in [-0.25, -0.2) is 0 Å². The molecule has 2 heteroatoms. The van der Waals surface area contributed by atoms with Crippen molar-refractivity contribution in [3.05, 3.63) is 47.2 Å². The van der Waals surface area contributed by atoms with Crippen LogP contribution in [0.4, 0.5) is 0 Å². The smallest absolute Gasteiger partial charge is 0.143 e. The van der Waals surface area contributed by atoms with E-state index in [1.54, 1.807) is 6.92 Å². The lowest BCUT2D eigenvalue weighted by molar-refractivity contribution is 0.0317. The normalized spacial score (nSPS) is 19.3. The first-order valence-corrected chi connectivity index (χ1v) is 5.23. The molecule has 1 aliphatic rings. The summed E-state index contributed by atoms with van der Waals surface area (Å²) in [7, 11) is 0. The number of aryl methyl sites for hydroxylation is 1. The van der Waals surface area contributed by atoms with Crippen LogP contribution in [-0.4, -0.2) is 11.7 Å². The molecule has 0 aliphatic carbocycles. The molecule has 0 bridgehead atoms. The summed E-state index contributed by atoms with van der Waals surface area (Å²) in [6.07, 6.45) is 2.85. The Hall–Kier alpha value is -1.28. The summed E-state index contributed by atoms with van der Waals surface area (Å²) in [5.41, 5.74) is 1.03. The fourth-order valence-electron chi connectivity index (χ4n) is 1.85. The minimum absolute atomic E-state index is 0.674. The van der Waals surface area contributed by atoms with E-state index < -0.39 is 5.60 Å². The maximum atomic E-state index is 10.4. The van der Waals surface area contributed by atoms with Gasteiger partial charge < -0.3 is 9.84 Å². The van der Waals surface area contributed by atoms with E-state index in [2.05, 4.69) is 0 Å². The van der Waals surface area contributed by atoms with Crippen LogP contribution in [-0.2, 0) is 10.3 Å². The zero-order valence-corrected chi connectivity index (χ0v) is 9.16. The highest BCUT2D eigenvalue weighted by atomic mass is 16.5. The molecule has 0 fully saturated rings. The molecule has 1 aliphatic heterocycles. The molecule has 1 aromatic rings.